The van der Waals surface area contributed by atoms with Gasteiger partial charge in [-0.2, -0.15) is 0 Å². The SMILES string of the molecule is Cc1csc(NC(=O)CN(CCC(C)C)C(=O)CCc2ccccc2)n1. The zero-order valence-corrected chi connectivity index (χ0v) is 16.5. The highest BCUT2D eigenvalue weighted by Crippen LogP contribution is 2.14. The molecule has 0 aliphatic rings. The molecule has 0 aliphatic heterocycles. The molecule has 2 aromatic rings. The Morgan fingerprint density at radius 1 is 1.23 bits per heavy atom. The summed E-state index contributed by atoms with van der Waals surface area (Å²) in [6, 6.07) is 9.94. The molecule has 0 aliphatic carbocycles. The molecular weight excluding hydrogens is 346 g/mol. The fourth-order valence-electron chi connectivity index (χ4n) is 2.50. The maximum atomic E-state index is 12.7. The van der Waals surface area contributed by atoms with Gasteiger partial charge in [-0.05, 0) is 31.2 Å². The molecule has 1 aromatic carbocycles. The molecular formula is C20H27N3O2S. The third kappa shape index (κ3) is 6.96. The van der Waals surface area contributed by atoms with E-state index in [0.717, 1.165) is 17.7 Å². The molecule has 0 spiro atoms. The van der Waals surface area contributed by atoms with Crippen LogP contribution < -0.4 is 5.32 Å². The lowest BCUT2D eigenvalue weighted by molar-refractivity contribution is -0.134. The number of amides is 2. The Labute approximate surface area is 159 Å². The van der Waals surface area contributed by atoms with Crippen molar-refractivity contribution in [1.29, 1.82) is 0 Å². The van der Waals surface area contributed by atoms with Crippen molar-refractivity contribution in [2.75, 3.05) is 18.4 Å². The van der Waals surface area contributed by atoms with Crippen molar-refractivity contribution in [2.24, 2.45) is 5.92 Å². The summed E-state index contributed by atoms with van der Waals surface area (Å²) in [5.41, 5.74) is 2.01. The minimum absolute atomic E-state index is 0.0139. The summed E-state index contributed by atoms with van der Waals surface area (Å²) in [4.78, 5) is 30.9. The third-order valence-electron chi connectivity index (χ3n) is 4.00. The topological polar surface area (TPSA) is 62.3 Å². The second-order valence-electron chi connectivity index (χ2n) is 6.83. The highest BCUT2D eigenvalue weighted by Gasteiger charge is 2.18. The normalized spacial score (nSPS) is 10.8. The summed E-state index contributed by atoms with van der Waals surface area (Å²) in [7, 11) is 0. The predicted octanol–water partition coefficient (Wildman–Crippen LogP) is 3.90. The first kappa shape index (κ1) is 20.1. The van der Waals surface area contributed by atoms with Crippen LogP contribution in [0, 0.1) is 12.8 Å². The lowest BCUT2D eigenvalue weighted by Crippen LogP contribution is -2.39. The second-order valence-corrected chi connectivity index (χ2v) is 7.68. The number of carbonyl (C=O) groups is 2. The van der Waals surface area contributed by atoms with Gasteiger partial charge in [0.05, 0.1) is 12.2 Å². The summed E-state index contributed by atoms with van der Waals surface area (Å²) in [5, 5.41) is 5.25. The Bertz CT molecular complexity index is 713. The van der Waals surface area contributed by atoms with Crippen LogP contribution in [0.4, 0.5) is 5.13 Å². The van der Waals surface area contributed by atoms with Gasteiger partial charge in [-0.15, -0.1) is 11.3 Å². The van der Waals surface area contributed by atoms with Crippen LogP contribution in [-0.2, 0) is 16.0 Å². The first-order valence-electron chi connectivity index (χ1n) is 8.97. The molecule has 26 heavy (non-hydrogen) atoms. The first-order chi connectivity index (χ1) is 12.4. The van der Waals surface area contributed by atoms with Gasteiger partial charge in [0.15, 0.2) is 5.13 Å². The van der Waals surface area contributed by atoms with Gasteiger partial charge in [0, 0.05) is 18.3 Å². The van der Waals surface area contributed by atoms with Gasteiger partial charge < -0.3 is 10.2 Å². The highest BCUT2D eigenvalue weighted by molar-refractivity contribution is 7.13. The van der Waals surface area contributed by atoms with Crippen LogP contribution in [0.25, 0.3) is 0 Å². The van der Waals surface area contributed by atoms with E-state index in [1.54, 1.807) is 4.90 Å². The van der Waals surface area contributed by atoms with E-state index in [1.165, 1.54) is 11.3 Å². The molecule has 6 heteroatoms. The number of hydrogen-bond donors (Lipinski definition) is 1. The van der Waals surface area contributed by atoms with Gasteiger partial charge in [0.1, 0.15) is 0 Å². The van der Waals surface area contributed by atoms with E-state index in [9.17, 15) is 9.59 Å². The lowest BCUT2D eigenvalue weighted by atomic mass is 10.1. The minimum atomic E-state index is -0.198. The molecule has 0 saturated heterocycles. The highest BCUT2D eigenvalue weighted by atomic mass is 32.1. The zero-order valence-electron chi connectivity index (χ0n) is 15.7. The van der Waals surface area contributed by atoms with E-state index in [0.29, 0.717) is 30.4 Å². The van der Waals surface area contributed by atoms with Gasteiger partial charge >= 0.3 is 0 Å². The van der Waals surface area contributed by atoms with Gasteiger partial charge in [-0.1, -0.05) is 44.2 Å². The lowest BCUT2D eigenvalue weighted by Gasteiger charge is -2.23. The number of hydrogen-bond acceptors (Lipinski definition) is 4. The van der Waals surface area contributed by atoms with Crippen LogP contribution in [-0.4, -0.2) is 34.8 Å². The molecule has 1 N–H and O–H groups in total. The van der Waals surface area contributed by atoms with E-state index >= 15 is 0 Å². The minimum Gasteiger partial charge on any atom is -0.333 e. The number of aromatic nitrogens is 1. The van der Waals surface area contributed by atoms with Crippen molar-refractivity contribution in [2.45, 2.75) is 40.0 Å². The number of aryl methyl sites for hydroxylation is 2. The summed E-state index contributed by atoms with van der Waals surface area (Å²) >= 11 is 1.39. The molecule has 0 radical (unpaired) electrons. The Morgan fingerprint density at radius 2 is 1.96 bits per heavy atom. The number of carbonyl (C=O) groups excluding carboxylic acids is 2. The average molecular weight is 374 g/mol. The van der Waals surface area contributed by atoms with Crippen LogP contribution in [0.3, 0.4) is 0 Å². The number of nitrogens with zero attached hydrogens (tertiary/aromatic N) is 2. The van der Waals surface area contributed by atoms with Crippen molar-refractivity contribution < 1.29 is 9.59 Å². The van der Waals surface area contributed by atoms with Crippen LogP contribution in [0.2, 0.25) is 0 Å². The molecule has 0 saturated carbocycles. The summed E-state index contributed by atoms with van der Waals surface area (Å²) in [6.07, 6.45) is 1.97. The predicted molar refractivity (Wildman–Crippen MR) is 106 cm³/mol. The molecule has 5 nitrogen and oxygen atoms in total. The van der Waals surface area contributed by atoms with Crippen molar-refractivity contribution in [3.63, 3.8) is 0 Å². The van der Waals surface area contributed by atoms with Crippen molar-refractivity contribution in [3.05, 3.63) is 47.0 Å². The standard InChI is InChI=1S/C20H27N3O2S/c1-15(2)11-12-23(13-18(24)22-20-21-16(3)14-26-20)19(25)10-9-17-7-5-4-6-8-17/h4-8,14-15H,9-13H2,1-3H3,(H,21,22,24). The molecule has 140 valence electrons. The Morgan fingerprint density at radius 3 is 2.58 bits per heavy atom. The van der Waals surface area contributed by atoms with Gasteiger partial charge in [-0.3, -0.25) is 9.59 Å². The van der Waals surface area contributed by atoms with Gasteiger partial charge in [0.25, 0.3) is 0 Å². The molecule has 0 atom stereocenters. The van der Waals surface area contributed by atoms with Crippen molar-refractivity contribution in [3.8, 4) is 0 Å². The Kier molecular flexibility index (Phi) is 7.78. The molecule has 1 heterocycles. The van der Waals surface area contributed by atoms with Crippen LogP contribution in [0.1, 0.15) is 37.9 Å². The largest absolute Gasteiger partial charge is 0.333 e. The van der Waals surface area contributed by atoms with E-state index in [2.05, 4.69) is 24.1 Å². The summed E-state index contributed by atoms with van der Waals surface area (Å²) in [5.74, 6) is 0.292. The third-order valence-corrected chi connectivity index (χ3v) is 4.87. The van der Waals surface area contributed by atoms with Crippen LogP contribution in [0.15, 0.2) is 35.7 Å². The first-order valence-corrected chi connectivity index (χ1v) is 9.85. The van der Waals surface area contributed by atoms with Gasteiger partial charge in [0.2, 0.25) is 11.8 Å². The molecule has 0 bridgehead atoms. The Hall–Kier alpha value is -2.21. The Balaban J connectivity index is 1.92. The number of thiazole rings is 1. The van der Waals surface area contributed by atoms with Crippen LogP contribution in [0.5, 0.6) is 0 Å². The monoisotopic (exact) mass is 373 g/mol. The molecule has 2 amide bonds. The molecule has 0 unspecified atom stereocenters. The number of rotatable bonds is 9. The maximum Gasteiger partial charge on any atom is 0.245 e. The second kappa shape index (κ2) is 10.1. The number of anilines is 1. The zero-order chi connectivity index (χ0) is 18.9. The molecule has 0 fully saturated rings. The smallest absolute Gasteiger partial charge is 0.245 e. The fourth-order valence-corrected chi connectivity index (χ4v) is 3.21. The quantitative estimate of drug-likeness (QED) is 0.725. The summed E-state index contributed by atoms with van der Waals surface area (Å²) in [6.45, 7) is 6.78. The van der Waals surface area contributed by atoms with Crippen molar-refractivity contribution >= 4 is 28.3 Å². The van der Waals surface area contributed by atoms with E-state index < -0.39 is 0 Å². The van der Waals surface area contributed by atoms with Crippen LogP contribution >= 0.6 is 11.3 Å². The molecule has 2 rings (SSSR count). The maximum absolute atomic E-state index is 12.7. The fraction of sp³-hybridized carbons (Fsp3) is 0.450. The van der Waals surface area contributed by atoms with E-state index in [4.69, 9.17) is 0 Å². The van der Waals surface area contributed by atoms with E-state index in [1.807, 2.05) is 42.6 Å². The average Bonchev–Trinajstić information content (AvgIpc) is 3.01. The molecule has 1 aromatic heterocycles. The summed E-state index contributed by atoms with van der Waals surface area (Å²) < 4.78 is 0. The van der Waals surface area contributed by atoms with Gasteiger partial charge in [-0.25, -0.2) is 4.98 Å². The number of nitrogens with one attached hydrogen (secondary N) is 1. The number of benzene rings is 1. The van der Waals surface area contributed by atoms with E-state index in [-0.39, 0.29) is 18.4 Å². The van der Waals surface area contributed by atoms with Crippen molar-refractivity contribution in [1.82, 2.24) is 9.88 Å².